The zero-order valence-corrected chi connectivity index (χ0v) is 12.5. The maximum atomic E-state index is 5.85. The Morgan fingerprint density at radius 2 is 2.05 bits per heavy atom. The Morgan fingerprint density at radius 1 is 1.32 bits per heavy atom. The quantitative estimate of drug-likeness (QED) is 0.748. The van der Waals surface area contributed by atoms with Crippen molar-refractivity contribution in [1.82, 2.24) is 0 Å². The van der Waals surface area contributed by atoms with E-state index in [1.807, 2.05) is 24.3 Å². The van der Waals surface area contributed by atoms with Crippen LogP contribution in [0.1, 0.15) is 11.9 Å². The van der Waals surface area contributed by atoms with Crippen molar-refractivity contribution in [3.63, 3.8) is 0 Å². The van der Waals surface area contributed by atoms with Gasteiger partial charge in [-0.05, 0) is 12.1 Å². The lowest BCUT2D eigenvalue weighted by atomic mass is 10.2. The maximum absolute atomic E-state index is 5.85. The van der Waals surface area contributed by atoms with Crippen molar-refractivity contribution in [2.75, 3.05) is 25.7 Å². The zero-order chi connectivity index (χ0) is 13.7. The molecule has 6 heteroatoms. The standard InChI is InChI=1S/C13H15Cl3O3/c14-5-11(16)6-17-7-12-8-18-13(19-12)9-1-3-10(15)4-2-9/h1-4,11-13H,5-8H2/t11-,12-,13-/m0/s1. The number of alkyl halides is 2. The van der Waals surface area contributed by atoms with Crippen LogP contribution in [0, 0.1) is 0 Å². The lowest BCUT2D eigenvalue weighted by Gasteiger charge is -2.13. The molecule has 0 saturated carbocycles. The molecule has 1 fully saturated rings. The van der Waals surface area contributed by atoms with Crippen molar-refractivity contribution >= 4 is 34.8 Å². The normalized spacial score (nSPS) is 24.6. The van der Waals surface area contributed by atoms with Crippen LogP contribution >= 0.6 is 34.8 Å². The Bertz CT molecular complexity index is 385. The fourth-order valence-corrected chi connectivity index (χ4v) is 2.01. The fraction of sp³-hybridized carbons (Fsp3) is 0.538. The first-order valence-corrected chi connectivity index (χ1v) is 7.34. The Morgan fingerprint density at radius 3 is 2.74 bits per heavy atom. The second-order valence-electron chi connectivity index (χ2n) is 4.26. The van der Waals surface area contributed by atoms with Gasteiger partial charge in [-0.3, -0.25) is 0 Å². The molecule has 1 aliphatic rings. The largest absolute Gasteiger partial charge is 0.377 e. The number of rotatable bonds is 6. The van der Waals surface area contributed by atoms with Gasteiger partial charge in [0, 0.05) is 16.5 Å². The molecule has 1 aromatic rings. The highest BCUT2D eigenvalue weighted by molar-refractivity contribution is 6.30. The topological polar surface area (TPSA) is 27.7 Å². The zero-order valence-electron chi connectivity index (χ0n) is 10.2. The van der Waals surface area contributed by atoms with E-state index in [2.05, 4.69) is 0 Å². The fourth-order valence-electron chi connectivity index (χ4n) is 1.70. The molecule has 0 N–H and O–H groups in total. The van der Waals surface area contributed by atoms with Gasteiger partial charge in [-0.15, -0.1) is 23.2 Å². The number of benzene rings is 1. The molecule has 0 aromatic heterocycles. The first-order valence-electron chi connectivity index (χ1n) is 5.99. The summed E-state index contributed by atoms with van der Waals surface area (Å²) in [4.78, 5) is 0. The van der Waals surface area contributed by atoms with Gasteiger partial charge in [0.05, 0.1) is 25.2 Å². The number of hydrogen-bond acceptors (Lipinski definition) is 3. The Balaban J connectivity index is 1.75. The summed E-state index contributed by atoms with van der Waals surface area (Å²) in [6.07, 6.45) is -0.439. The predicted octanol–water partition coefficient (Wildman–Crippen LogP) is 3.62. The van der Waals surface area contributed by atoms with E-state index in [0.717, 1.165) is 5.56 Å². The van der Waals surface area contributed by atoms with E-state index in [1.54, 1.807) is 0 Å². The van der Waals surface area contributed by atoms with Gasteiger partial charge in [-0.2, -0.15) is 0 Å². The van der Waals surface area contributed by atoms with Gasteiger partial charge in [0.2, 0.25) is 0 Å². The van der Waals surface area contributed by atoms with E-state index < -0.39 is 0 Å². The van der Waals surface area contributed by atoms with E-state index in [4.69, 9.17) is 49.0 Å². The molecule has 0 aliphatic carbocycles. The summed E-state index contributed by atoms with van der Waals surface area (Å²) in [6.45, 7) is 1.36. The summed E-state index contributed by atoms with van der Waals surface area (Å²) >= 11 is 17.3. The third-order valence-electron chi connectivity index (χ3n) is 2.66. The highest BCUT2D eigenvalue weighted by Crippen LogP contribution is 2.27. The van der Waals surface area contributed by atoms with Gasteiger partial charge < -0.3 is 14.2 Å². The van der Waals surface area contributed by atoms with Crippen LogP contribution in [0.3, 0.4) is 0 Å². The molecule has 1 aromatic carbocycles. The summed E-state index contributed by atoms with van der Waals surface area (Å²) in [5.74, 6) is 0.372. The average Bonchev–Trinajstić information content (AvgIpc) is 2.88. The molecule has 1 saturated heterocycles. The van der Waals surface area contributed by atoms with Crippen LogP contribution in [0.4, 0.5) is 0 Å². The van der Waals surface area contributed by atoms with Crippen LogP contribution in [0.2, 0.25) is 5.02 Å². The van der Waals surface area contributed by atoms with Crippen LogP contribution in [-0.4, -0.2) is 37.2 Å². The summed E-state index contributed by atoms with van der Waals surface area (Å²) in [7, 11) is 0. The Hall–Kier alpha value is -0.0300. The van der Waals surface area contributed by atoms with Crippen LogP contribution in [0.25, 0.3) is 0 Å². The van der Waals surface area contributed by atoms with Crippen molar-refractivity contribution in [3.05, 3.63) is 34.9 Å². The van der Waals surface area contributed by atoms with Gasteiger partial charge in [0.25, 0.3) is 0 Å². The van der Waals surface area contributed by atoms with Crippen LogP contribution in [-0.2, 0) is 14.2 Å². The molecule has 19 heavy (non-hydrogen) atoms. The lowest BCUT2D eigenvalue weighted by Crippen LogP contribution is -2.21. The summed E-state index contributed by atoms with van der Waals surface area (Å²) in [5.41, 5.74) is 0.947. The number of ether oxygens (including phenoxy) is 3. The minimum atomic E-state index is -0.356. The van der Waals surface area contributed by atoms with E-state index in [9.17, 15) is 0 Å². The summed E-state index contributed by atoms with van der Waals surface area (Å²) < 4.78 is 16.7. The van der Waals surface area contributed by atoms with Crippen molar-refractivity contribution in [2.24, 2.45) is 0 Å². The maximum Gasteiger partial charge on any atom is 0.184 e. The number of hydrogen-bond donors (Lipinski definition) is 0. The monoisotopic (exact) mass is 324 g/mol. The first kappa shape index (κ1) is 15.4. The molecular weight excluding hydrogens is 310 g/mol. The van der Waals surface area contributed by atoms with E-state index in [-0.39, 0.29) is 17.8 Å². The smallest absolute Gasteiger partial charge is 0.184 e. The second kappa shape index (κ2) is 7.67. The number of halogens is 3. The predicted molar refractivity (Wildman–Crippen MR) is 76.2 cm³/mol. The third-order valence-corrected chi connectivity index (χ3v) is 3.72. The van der Waals surface area contributed by atoms with Crippen LogP contribution in [0.15, 0.2) is 24.3 Å². The lowest BCUT2D eigenvalue weighted by molar-refractivity contribution is -0.0735. The molecule has 0 radical (unpaired) electrons. The van der Waals surface area contributed by atoms with Crippen LogP contribution in [0.5, 0.6) is 0 Å². The van der Waals surface area contributed by atoms with Gasteiger partial charge in [0.15, 0.2) is 6.29 Å². The minimum absolute atomic E-state index is 0.0835. The molecule has 3 nitrogen and oxygen atoms in total. The minimum Gasteiger partial charge on any atom is -0.377 e. The highest BCUT2D eigenvalue weighted by atomic mass is 35.5. The van der Waals surface area contributed by atoms with Crippen molar-refractivity contribution in [1.29, 1.82) is 0 Å². The summed E-state index contributed by atoms with van der Waals surface area (Å²) in [6, 6.07) is 7.40. The molecule has 0 bridgehead atoms. The van der Waals surface area contributed by atoms with E-state index in [1.165, 1.54) is 0 Å². The molecule has 2 rings (SSSR count). The molecule has 1 aliphatic heterocycles. The van der Waals surface area contributed by atoms with Gasteiger partial charge in [0.1, 0.15) is 6.10 Å². The molecule has 0 unspecified atom stereocenters. The van der Waals surface area contributed by atoms with Crippen LogP contribution < -0.4 is 0 Å². The molecule has 0 spiro atoms. The van der Waals surface area contributed by atoms with E-state index >= 15 is 0 Å². The van der Waals surface area contributed by atoms with Gasteiger partial charge >= 0.3 is 0 Å². The Kier molecular flexibility index (Phi) is 6.20. The Labute approximate surface area is 127 Å². The first-order chi connectivity index (χ1) is 9.19. The van der Waals surface area contributed by atoms with Crippen molar-refractivity contribution in [3.8, 4) is 0 Å². The SMILES string of the molecule is ClC[C@H](Cl)COC[C@H]1CO[C@H](c2ccc(Cl)cc2)O1. The second-order valence-corrected chi connectivity index (χ2v) is 5.63. The highest BCUT2D eigenvalue weighted by Gasteiger charge is 2.27. The van der Waals surface area contributed by atoms with Crippen molar-refractivity contribution < 1.29 is 14.2 Å². The van der Waals surface area contributed by atoms with Gasteiger partial charge in [-0.25, -0.2) is 0 Å². The molecule has 106 valence electrons. The summed E-state index contributed by atoms with van der Waals surface area (Å²) in [5, 5.41) is 0.520. The molecule has 3 atom stereocenters. The van der Waals surface area contributed by atoms with E-state index in [0.29, 0.717) is 30.7 Å². The molecular formula is C13H15Cl3O3. The average molecular weight is 326 g/mol. The van der Waals surface area contributed by atoms with Crippen molar-refractivity contribution in [2.45, 2.75) is 17.8 Å². The third kappa shape index (κ3) is 4.78. The molecule has 0 amide bonds. The molecule has 1 heterocycles. The van der Waals surface area contributed by atoms with Gasteiger partial charge in [-0.1, -0.05) is 23.7 Å².